The van der Waals surface area contributed by atoms with Crippen LogP contribution in [0.15, 0.2) is 211 Å². The highest BCUT2D eigenvalue weighted by molar-refractivity contribution is 6.08. The van der Waals surface area contributed by atoms with Gasteiger partial charge in [-0.3, -0.25) is 0 Å². The summed E-state index contributed by atoms with van der Waals surface area (Å²) in [4.78, 5) is 2.36. The molecule has 55 heavy (non-hydrogen) atoms. The minimum Gasteiger partial charge on any atom is -0.456 e. The second kappa shape index (κ2) is 13.7. The number of anilines is 3. The molecule has 9 aromatic carbocycles. The average Bonchev–Trinajstić information content (AvgIpc) is 3.60. The summed E-state index contributed by atoms with van der Waals surface area (Å²) in [6.45, 7) is 2.14. The number of benzene rings is 9. The van der Waals surface area contributed by atoms with Gasteiger partial charge >= 0.3 is 0 Å². The molecule has 0 bridgehead atoms. The lowest BCUT2D eigenvalue weighted by Crippen LogP contribution is -2.09. The van der Waals surface area contributed by atoms with Gasteiger partial charge in [-0.2, -0.15) is 0 Å². The summed E-state index contributed by atoms with van der Waals surface area (Å²) in [7, 11) is 0. The Morgan fingerprint density at radius 1 is 0.327 bits per heavy atom. The first-order valence-corrected chi connectivity index (χ1v) is 18.8. The van der Waals surface area contributed by atoms with Gasteiger partial charge in [-0.05, 0) is 110 Å². The van der Waals surface area contributed by atoms with E-state index in [1.165, 1.54) is 43.8 Å². The van der Waals surface area contributed by atoms with E-state index in [1.54, 1.807) is 0 Å². The Kier molecular flexibility index (Phi) is 8.08. The smallest absolute Gasteiger partial charge is 0.138 e. The summed E-state index contributed by atoms with van der Waals surface area (Å²) in [5, 5.41) is 6.15. The summed E-state index contributed by atoms with van der Waals surface area (Å²) >= 11 is 0. The lowest BCUT2D eigenvalue weighted by Gasteiger charge is -2.26. The van der Waals surface area contributed by atoms with Crippen LogP contribution >= 0.6 is 0 Å². The first kappa shape index (κ1) is 32.5. The molecule has 0 atom stereocenters. The molecule has 0 fully saturated rings. The summed E-state index contributed by atoms with van der Waals surface area (Å²) < 4.78 is 6.33. The molecule has 10 rings (SSSR count). The highest BCUT2D eigenvalue weighted by Gasteiger charge is 2.16. The van der Waals surface area contributed by atoms with Crippen molar-refractivity contribution in [1.82, 2.24) is 0 Å². The number of fused-ring (bicyclic) bond motifs is 4. The van der Waals surface area contributed by atoms with Crippen molar-refractivity contribution >= 4 is 49.6 Å². The van der Waals surface area contributed by atoms with E-state index in [4.69, 9.17) is 4.42 Å². The van der Waals surface area contributed by atoms with Gasteiger partial charge in [0.25, 0.3) is 0 Å². The Morgan fingerprint density at radius 3 is 1.51 bits per heavy atom. The van der Waals surface area contributed by atoms with E-state index in [0.717, 1.165) is 56.0 Å². The quantitative estimate of drug-likeness (QED) is 0.154. The van der Waals surface area contributed by atoms with Crippen LogP contribution in [0.1, 0.15) is 5.56 Å². The molecule has 0 aliphatic carbocycles. The van der Waals surface area contributed by atoms with Gasteiger partial charge in [0.15, 0.2) is 0 Å². The monoisotopic (exact) mass is 703 g/mol. The molecule has 0 aliphatic heterocycles. The maximum Gasteiger partial charge on any atom is 0.138 e. The van der Waals surface area contributed by atoms with E-state index >= 15 is 0 Å². The predicted molar refractivity (Wildman–Crippen MR) is 232 cm³/mol. The fourth-order valence-electron chi connectivity index (χ4n) is 7.97. The van der Waals surface area contributed by atoms with E-state index in [0.29, 0.717) is 0 Å². The SMILES string of the molecule is Cc1c(-c2cccc(-c3ccc(N(c4ccc(-c5ccc(-c6ccccc6)cc5)cc4)c4ccc5c(ccc6ccccc65)c4)cc3)c2)oc2ccccc12. The molecule has 10 aromatic rings. The van der Waals surface area contributed by atoms with E-state index in [1.807, 2.05) is 12.1 Å². The first-order valence-electron chi connectivity index (χ1n) is 18.8. The van der Waals surface area contributed by atoms with Crippen molar-refractivity contribution in [1.29, 1.82) is 0 Å². The van der Waals surface area contributed by atoms with Crippen LogP contribution in [0.4, 0.5) is 17.1 Å². The van der Waals surface area contributed by atoms with Gasteiger partial charge in [0.1, 0.15) is 11.3 Å². The number of hydrogen-bond acceptors (Lipinski definition) is 2. The lowest BCUT2D eigenvalue weighted by molar-refractivity contribution is 0.629. The molecule has 0 unspecified atom stereocenters. The zero-order valence-electron chi connectivity index (χ0n) is 30.5. The van der Waals surface area contributed by atoms with E-state index in [-0.39, 0.29) is 0 Å². The highest BCUT2D eigenvalue weighted by Crippen LogP contribution is 2.40. The van der Waals surface area contributed by atoms with Crippen LogP contribution in [0.2, 0.25) is 0 Å². The molecule has 260 valence electrons. The van der Waals surface area contributed by atoms with Gasteiger partial charge in [0.2, 0.25) is 0 Å². The molecule has 0 saturated heterocycles. The molecule has 1 heterocycles. The second-order valence-corrected chi connectivity index (χ2v) is 14.2. The Labute approximate surface area is 321 Å². The number of para-hydroxylation sites is 1. The Hall–Kier alpha value is -7.16. The predicted octanol–water partition coefficient (Wildman–Crippen LogP) is 15.2. The van der Waals surface area contributed by atoms with Crippen molar-refractivity contribution in [2.24, 2.45) is 0 Å². The van der Waals surface area contributed by atoms with Crippen LogP contribution in [0.25, 0.3) is 77.2 Å². The van der Waals surface area contributed by atoms with Gasteiger partial charge in [-0.15, -0.1) is 0 Å². The van der Waals surface area contributed by atoms with Crippen molar-refractivity contribution in [3.63, 3.8) is 0 Å². The van der Waals surface area contributed by atoms with Crippen LogP contribution in [-0.4, -0.2) is 0 Å². The third-order valence-corrected chi connectivity index (χ3v) is 10.9. The average molecular weight is 704 g/mol. The van der Waals surface area contributed by atoms with Gasteiger partial charge in [-0.25, -0.2) is 0 Å². The van der Waals surface area contributed by atoms with E-state index in [9.17, 15) is 0 Å². The molecule has 0 aliphatic rings. The summed E-state index contributed by atoms with van der Waals surface area (Å²) in [5.41, 5.74) is 13.6. The minimum absolute atomic E-state index is 0.917. The zero-order chi connectivity index (χ0) is 36.7. The Morgan fingerprint density at radius 2 is 0.818 bits per heavy atom. The zero-order valence-corrected chi connectivity index (χ0v) is 30.5. The fourth-order valence-corrected chi connectivity index (χ4v) is 7.97. The van der Waals surface area contributed by atoms with E-state index in [2.05, 4.69) is 206 Å². The summed E-state index contributed by atoms with van der Waals surface area (Å²) in [5.74, 6) is 0.922. The highest BCUT2D eigenvalue weighted by atomic mass is 16.3. The van der Waals surface area contributed by atoms with Crippen molar-refractivity contribution in [2.45, 2.75) is 6.92 Å². The third-order valence-electron chi connectivity index (χ3n) is 10.9. The Bertz CT molecular complexity index is 2960. The lowest BCUT2D eigenvalue weighted by atomic mass is 9.99. The van der Waals surface area contributed by atoms with Crippen LogP contribution in [0.3, 0.4) is 0 Å². The molecule has 2 nitrogen and oxygen atoms in total. The molecular formula is C53H37NO. The van der Waals surface area contributed by atoms with Crippen molar-refractivity contribution < 1.29 is 4.42 Å². The second-order valence-electron chi connectivity index (χ2n) is 14.2. The fraction of sp³-hybridized carbons (Fsp3) is 0.0189. The molecule has 0 N–H and O–H groups in total. The number of rotatable bonds is 7. The van der Waals surface area contributed by atoms with Gasteiger partial charge in [0, 0.05) is 33.6 Å². The maximum atomic E-state index is 6.33. The molecule has 0 saturated carbocycles. The standard InChI is InChI=1S/C53H37NO/c1-36-49-15-7-8-17-52(49)55-53(36)45-14-9-13-43(34-45)41-26-30-47(31-27-41)54(48-32-33-51-44(35-48)23-22-42-12-5-6-16-50(42)51)46-28-24-40(25-29-46)39-20-18-38(19-21-39)37-10-3-2-4-11-37/h2-35H,1H3. The number of furan rings is 1. The first-order chi connectivity index (χ1) is 27.2. The van der Waals surface area contributed by atoms with Crippen LogP contribution in [0, 0.1) is 6.92 Å². The van der Waals surface area contributed by atoms with E-state index < -0.39 is 0 Å². The normalized spacial score (nSPS) is 11.4. The largest absolute Gasteiger partial charge is 0.456 e. The third kappa shape index (κ3) is 6.04. The van der Waals surface area contributed by atoms with Crippen molar-refractivity contribution in [3.8, 4) is 44.7 Å². The minimum atomic E-state index is 0.917. The Balaban J connectivity index is 1.02. The van der Waals surface area contributed by atoms with Gasteiger partial charge in [-0.1, -0.05) is 158 Å². The van der Waals surface area contributed by atoms with Gasteiger partial charge in [0.05, 0.1) is 0 Å². The molecule has 0 spiro atoms. The van der Waals surface area contributed by atoms with Crippen LogP contribution < -0.4 is 4.90 Å². The number of hydrogen-bond donors (Lipinski definition) is 0. The maximum absolute atomic E-state index is 6.33. The summed E-state index contributed by atoms with van der Waals surface area (Å²) in [6.07, 6.45) is 0. The van der Waals surface area contributed by atoms with Gasteiger partial charge < -0.3 is 9.32 Å². The van der Waals surface area contributed by atoms with Crippen LogP contribution in [0.5, 0.6) is 0 Å². The van der Waals surface area contributed by atoms with Crippen molar-refractivity contribution in [3.05, 3.63) is 212 Å². The topological polar surface area (TPSA) is 16.4 Å². The molecule has 1 aromatic heterocycles. The number of aryl methyl sites for hydroxylation is 1. The molecular weight excluding hydrogens is 667 g/mol. The molecule has 0 amide bonds. The van der Waals surface area contributed by atoms with Crippen molar-refractivity contribution in [2.75, 3.05) is 4.90 Å². The molecule has 2 heteroatoms. The summed E-state index contributed by atoms with van der Waals surface area (Å²) in [6, 6.07) is 74.0. The van der Waals surface area contributed by atoms with Crippen LogP contribution in [-0.2, 0) is 0 Å². The number of nitrogens with zero attached hydrogens (tertiary/aromatic N) is 1. The molecule has 0 radical (unpaired) electrons.